The van der Waals surface area contributed by atoms with Crippen LogP contribution in [0, 0.1) is 17.3 Å². The van der Waals surface area contributed by atoms with E-state index in [0.717, 1.165) is 0 Å². The highest BCUT2D eigenvalue weighted by Crippen LogP contribution is 2.63. The standard InChI is InChI=1S/C21H27N5O6/c1-12(2)17(27)30-9-14-16(32-18(28)13(3)4)21(6-7-21)19(31-14)25-8-5-15(24-20(25)29)26-11-22-10-23-26/h5,8,10-14,16,19H,6-7,9H2,1-4H3/t14-,16-,19-/m1/s1. The molecule has 1 aliphatic heterocycles. The molecule has 1 saturated heterocycles. The Morgan fingerprint density at radius 2 is 1.94 bits per heavy atom. The Kier molecular flexibility index (Phi) is 5.85. The Hall–Kier alpha value is -3.08. The Morgan fingerprint density at radius 3 is 2.50 bits per heavy atom. The van der Waals surface area contributed by atoms with Gasteiger partial charge in [0.15, 0.2) is 5.82 Å². The van der Waals surface area contributed by atoms with Crippen molar-refractivity contribution in [3.05, 3.63) is 35.4 Å². The lowest BCUT2D eigenvalue weighted by molar-refractivity contribution is -0.163. The van der Waals surface area contributed by atoms with Crippen molar-refractivity contribution in [2.75, 3.05) is 6.61 Å². The lowest BCUT2D eigenvalue weighted by atomic mass is 9.96. The summed E-state index contributed by atoms with van der Waals surface area (Å²) in [5.41, 5.74) is -1.09. The molecule has 2 aromatic rings. The summed E-state index contributed by atoms with van der Waals surface area (Å²) in [5.74, 6) is -1.02. The topological polar surface area (TPSA) is 127 Å². The summed E-state index contributed by atoms with van der Waals surface area (Å²) < 4.78 is 20.2. The molecule has 32 heavy (non-hydrogen) atoms. The fraction of sp³-hybridized carbons (Fsp3) is 0.619. The molecule has 0 bridgehead atoms. The van der Waals surface area contributed by atoms with Crippen molar-refractivity contribution in [3.63, 3.8) is 0 Å². The first kappa shape index (κ1) is 22.1. The molecule has 172 valence electrons. The van der Waals surface area contributed by atoms with Crippen LogP contribution in [0.2, 0.25) is 0 Å². The van der Waals surface area contributed by atoms with E-state index in [1.54, 1.807) is 40.0 Å². The zero-order valence-corrected chi connectivity index (χ0v) is 18.5. The number of hydrogen-bond acceptors (Lipinski definition) is 9. The van der Waals surface area contributed by atoms with Gasteiger partial charge in [0.1, 0.15) is 37.7 Å². The summed E-state index contributed by atoms with van der Waals surface area (Å²) >= 11 is 0. The first-order valence-electron chi connectivity index (χ1n) is 10.7. The molecule has 1 spiro atoms. The maximum atomic E-state index is 12.9. The third kappa shape index (κ3) is 4.04. The summed E-state index contributed by atoms with van der Waals surface area (Å²) in [6.45, 7) is 6.91. The average Bonchev–Trinajstić information content (AvgIpc) is 3.23. The van der Waals surface area contributed by atoms with Crippen molar-refractivity contribution < 1.29 is 23.8 Å². The van der Waals surface area contributed by atoms with Crippen molar-refractivity contribution in [1.82, 2.24) is 24.3 Å². The van der Waals surface area contributed by atoms with Crippen LogP contribution >= 0.6 is 0 Å². The molecular formula is C21H27N5O6. The van der Waals surface area contributed by atoms with E-state index in [4.69, 9.17) is 14.2 Å². The van der Waals surface area contributed by atoms with Crippen LogP contribution in [0.5, 0.6) is 0 Å². The molecule has 2 aromatic heterocycles. The van der Waals surface area contributed by atoms with Crippen LogP contribution in [0.25, 0.3) is 5.82 Å². The van der Waals surface area contributed by atoms with E-state index in [1.165, 1.54) is 21.9 Å². The minimum absolute atomic E-state index is 0.0650. The van der Waals surface area contributed by atoms with Gasteiger partial charge >= 0.3 is 17.6 Å². The van der Waals surface area contributed by atoms with Crippen LogP contribution in [0.3, 0.4) is 0 Å². The first-order chi connectivity index (χ1) is 15.2. The van der Waals surface area contributed by atoms with Crippen LogP contribution in [-0.4, -0.2) is 55.1 Å². The van der Waals surface area contributed by atoms with E-state index in [-0.39, 0.29) is 30.4 Å². The average molecular weight is 445 g/mol. The smallest absolute Gasteiger partial charge is 0.351 e. The predicted molar refractivity (Wildman–Crippen MR) is 110 cm³/mol. The van der Waals surface area contributed by atoms with Gasteiger partial charge in [-0.3, -0.25) is 14.2 Å². The molecule has 0 unspecified atom stereocenters. The van der Waals surface area contributed by atoms with Gasteiger partial charge in [-0.15, -0.1) is 0 Å². The van der Waals surface area contributed by atoms with Crippen molar-refractivity contribution in [2.24, 2.45) is 17.3 Å². The summed E-state index contributed by atoms with van der Waals surface area (Å²) in [6, 6.07) is 1.64. The fourth-order valence-corrected chi connectivity index (χ4v) is 3.85. The van der Waals surface area contributed by atoms with Gasteiger partial charge < -0.3 is 14.2 Å². The summed E-state index contributed by atoms with van der Waals surface area (Å²) in [6.07, 6.45) is 3.78. The highest BCUT2D eigenvalue weighted by atomic mass is 16.6. The van der Waals surface area contributed by atoms with Gasteiger partial charge in [-0.2, -0.15) is 10.1 Å². The summed E-state index contributed by atoms with van der Waals surface area (Å²) in [7, 11) is 0. The zero-order chi connectivity index (χ0) is 23.0. The highest BCUT2D eigenvalue weighted by Gasteiger charge is 2.66. The minimum atomic E-state index is -0.694. The second kappa shape index (κ2) is 8.45. The second-order valence-corrected chi connectivity index (χ2v) is 8.87. The molecule has 0 radical (unpaired) electrons. The Morgan fingerprint density at radius 1 is 1.22 bits per heavy atom. The Balaban J connectivity index is 1.62. The SMILES string of the molecule is CC(C)C(=O)OC[C@H]1O[C@@H](n2ccc(-n3cncn3)nc2=O)C2(CC2)[C@@H]1OC(=O)C(C)C. The number of hydrogen-bond donors (Lipinski definition) is 0. The van der Waals surface area contributed by atoms with Crippen molar-refractivity contribution in [3.8, 4) is 5.82 Å². The molecule has 1 saturated carbocycles. The predicted octanol–water partition coefficient (Wildman–Crippen LogP) is 1.27. The Bertz CT molecular complexity index is 1040. The van der Waals surface area contributed by atoms with Crippen molar-refractivity contribution in [1.29, 1.82) is 0 Å². The summed E-state index contributed by atoms with van der Waals surface area (Å²) in [4.78, 5) is 45.2. The molecule has 2 fully saturated rings. The van der Waals surface area contributed by atoms with E-state index in [9.17, 15) is 14.4 Å². The molecule has 3 heterocycles. The number of aromatic nitrogens is 5. The third-order valence-electron chi connectivity index (χ3n) is 5.82. The van der Waals surface area contributed by atoms with Crippen LogP contribution < -0.4 is 5.69 Å². The van der Waals surface area contributed by atoms with Gasteiger partial charge in [-0.05, 0) is 18.9 Å². The van der Waals surface area contributed by atoms with Crippen molar-refractivity contribution in [2.45, 2.75) is 59.0 Å². The molecule has 1 aliphatic carbocycles. The third-order valence-corrected chi connectivity index (χ3v) is 5.82. The second-order valence-electron chi connectivity index (χ2n) is 8.87. The molecule has 11 nitrogen and oxygen atoms in total. The summed E-state index contributed by atoms with van der Waals surface area (Å²) in [5, 5.41) is 3.98. The van der Waals surface area contributed by atoms with Gasteiger partial charge in [0.2, 0.25) is 0 Å². The molecule has 0 aromatic carbocycles. The lowest BCUT2D eigenvalue weighted by Crippen LogP contribution is -2.39. The number of ether oxygens (including phenoxy) is 3. The van der Waals surface area contributed by atoms with Crippen LogP contribution in [0.4, 0.5) is 0 Å². The number of nitrogens with zero attached hydrogens (tertiary/aromatic N) is 5. The van der Waals surface area contributed by atoms with Crippen LogP contribution in [-0.2, 0) is 23.8 Å². The molecule has 2 aliphatic rings. The zero-order valence-electron chi connectivity index (χ0n) is 18.5. The highest BCUT2D eigenvalue weighted by molar-refractivity contribution is 5.72. The molecule has 3 atom stereocenters. The van der Waals surface area contributed by atoms with Gasteiger partial charge in [-0.25, -0.2) is 14.5 Å². The van der Waals surface area contributed by atoms with Crippen molar-refractivity contribution >= 4 is 11.9 Å². The van der Waals surface area contributed by atoms with Gasteiger partial charge in [-0.1, -0.05) is 27.7 Å². The molecule has 0 N–H and O–H groups in total. The number of carbonyl (C=O) groups excluding carboxylic acids is 2. The molecule has 0 amide bonds. The maximum absolute atomic E-state index is 12.9. The van der Waals surface area contributed by atoms with Gasteiger partial charge in [0, 0.05) is 6.20 Å². The largest absolute Gasteiger partial charge is 0.463 e. The molecular weight excluding hydrogens is 418 g/mol. The lowest BCUT2D eigenvalue weighted by Gasteiger charge is -2.25. The van der Waals surface area contributed by atoms with Gasteiger partial charge in [0.05, 0.1) is 17.3 Å². The molecule has 4 rings (SSSR count). The minimum Gasteiger partial charge on any atom is -0.463 e. The maximum Gasteiger partial charge on any atom is 0.351 e. The van der Waals surface area contributed by atoms with Gasteiger partial charge in [0.25, 0.3) is 0 Å². The number of esters is 2. The van der Waals surface area contributed by atoms with Crippen LogP contribution in [0.15, 0.2) is 29.7 Å². The van der Waals surface area contributed by atoms with E-state index in [1.807, 2.05) is 0 Å². The quantitative estimate of drug-likeness (QED) is 0.579. The van der Waals surface area contributed by atoms with E-state index >= 15 is 0 Å². The van der Waals surface area contributed by atoms with E-state index in [2.05, 4.69) is 15.1 Å². The Labute approximate surface area is 184 Å². The first-order valence-corrected chi connectivity index (χ1v) is 10.7. The fourth-order valence-electron chi connectivity index (χ4n) is 3.85. The van der Waals surface area contributed by atoms with E-state index < -0.39 is 29.5 Å². The normalized spacial score (nSPS) is 23.6. The monoisotopic (exact) mass is 445 g/mol. The number of rotatable bonds is 7. The number of carbonyl (C=O) groups is 2. The van der Waals surface area contributed by atoms with Crippen LogP contribution in [0.1, 0.15) is 46.8 Å². The van der Waals surface area contributed by atoms with E-state index in [0.29, 0.717) is 18.7 Å². The molecule has 11 heteroatoms.